The van der Waals surface area contributed by atoms with E-state index in [1.54, 1.807) is 12.3 Å². The molecule has 1 atom stereocenters. The van der Waals surface area contributed by atoms with Gasteiger partial charge in [-0.3, -0.25) is 4.79 Å². The summed E-state index contributed by atoms with van der Waals surface area (Å²) in [6, 6.07) is 11.1. The summed E-state index contributed by atoms with van der Waals surface area (Å²) in [4.78, 5) is 26.4. The van der Waals surface area contributed by atoms with Gasteiger partial charge in [-0.2, -0.15) is 0 Å². The molecule has 1 heterocycles. The van der Waals surface area contributed by atoms with Crippen LogP contribution in [0.2, 0.25) is 0 Å². The quantitative estimate of drug-likeness (QED) is 0.814. The van der Waals surface area contributed by atoms with Crippen molar-refractivity contribution >= 4 is 27.8 Å². The molecule has 0 radical (unpaired) electrons. The van der Waals surface area contributed by atoms with Crippen LogP contribution in [0, 0.1) is 0 Å². The molecule has 0 saturated carbocycles. The maximum absolute atomic E-state index is 11.9. The van der Waals surface area contributed by atoms with Crippen LogP contribution in [0.3, 0.4) is 0 Å². The van der Waals surface area contributed by atoms with E-state index in [0.717, 1.165) is 10.0 Å². The molecule has 0 aliphatic carbocycles. The standard InChI is InChI=1S/C15H15BrN2O3/c1-10(21-15(20)13-7-12(16)9-17-13)14(19)18-8-11-5-3-2-4-6-11/h2-7,9-10,17H,8H2,1H3,(H,18,19)/t10-/m0/s1. The maximum Gasteiger partial charge on any atom is 0.355 e. The highest BCUT2D eigenvalue weighted by Crippen LogP contribution is 2.12. The minimum atomic E-state index is -0.858. The van der Waals surface area contributed by atoms with Crippen molar-refractivity contribution < 1.29 is 14.3 Å². The minimum absolute atomic E-state index is 0.296. The number of rotatable bonds is 5. The summed E-state index contributed by atoms with van der Waals surface area (Å²) < 4.78 is 5.84. The lowest BCUT2D eigenvalue weighted by Gasteiger charge is -2.13. The molecule has 0 fully saturated rings. The van der Waals surface area contributed by atoms with Crippen molar-refractivity contribution in [2.45, 2.75) is 19.6 Å². The molecule has 110 valence electrons. The van der Waals surface area contributed by atoms with Gasteiger partial charge in [0.15, 0.2) is 6.10 Å². The number of nitrogens with one attached hydrogen (secondary N) is 2. The molecule has 2 aromatic rings. The van der Waals surface area contributed by atoms with Gasteiger partial charge in [0.25, 0.3) is 5.91 Å². The highest BCUT2D eigenvalue weighted by Gasteiger charge is 2.19. The Hall–Kier alpha value is -2.08. The van der Waals surface area contributed by atoms with E-state index in [4.69, 9.17) is 4.74 Å². The second-order valence-electron chi connectivity index (χ2n) is 4.48. The lowest BCUT2D eigenvalue weighted by Crippen LogP contribution is -2.35. The van der Waals surface area contributed by atoms with E-state index >= 15 is 0 Å². The van der Waals surface area contributed by atoms with Crippen molar-refractivity contribution in [3.05, 3.63) is 58.3 Å². The average molecular weight is 351 g/mol. The van der Waals surface area contributed by atoms with Gasteiger partial charge in [-0.05, 0) is 34.5 Å². The zero-order valence-electron chi connectivity index (χ0n) is 11.4. The Morgan fingerprint density at radius 3 is 2.67 bits per heavy atom. The third kappa shape index (κ3) is 4.46. The van der Waals surface area contributed by atoms with Gasteiger partial charge in [0.1, 0.15) is 5.69 Å². The number of ether oxygens (including phenoxy) is 1. The molecule has 6 heteroatoms. The lowest BCUT2D eigenvalue weighted by molar-refractivity contribution is -0.129. The molecule has 1 aromatic carbocycles. The molecule has 0 saturated heterocycles. The molecule has 0 unspecified atom stereocenters. The van der Waals surface area contributed by atoms with Crippen molar-refractivity contribution in [3.8, 4) is 0 Å². The predicted molar refractivity (Wildman–Crippen MR) is 81.7 cm³/mol. The topological polar surface area (TPSA) is 71.2 Å². The number of esters is 1. The summed E-state index contributed by atoms with van der Waals surface area (Å²) in [5, 5.41) is 2.73. The molecule has 0 spiro atoms. The molecule has 2 rings (SSSR count). The molecule has 0 aliphatic heterocycles. The molecule has 2 N–H and O–H groups in total. The first-order valence-electron chi connectivity index (χ1n) is 6.43. The van der Waals surface area contributed by atoms with Crippen molar-refractivity contribution in [2.24, 2.45) is 0 Å². The van der Waals surface area contributed by atoms with E-state index in [1.807, 2.05) is 30.3 Å². The van der Waals surface area contributed by atoms with E-state index in [1.165, 1.54) is 6.92 Å². The Balaban J connectivity index is 1.83. The Morgan fingerprint density at radius 1 is 1.33 bits per heavy atom. The predicted octanol–water partition coefficient (Wildman–Crippen LogP) is 2.64. The van der Waals surface area contributed by atoms with Crippen LogP contribution in [-0.4, -0.2) is 23.0 Å². The number of benzene rings is 1. The van der Waals surface area contributed by atoms with Crippen LogP contribution < -0.4 is 5.32 Å². The summed E-state index contributed by atoms with van der Waals surface area (Å²) in [7, 11) is 0. The average Bonchev–Trinajstić information content (AvgIpc) is 2.92. The zero-order valence-corrected chi connectivity index (χ0v) is 13.0. The van der Waals surface area contributed by atoms with E-state index in [0.29, 0.717) is 12.2 Å². The van der Waals surface area contributed by atoms with Crippen molar-refractivity contribution in [1.82, 2.24) is 10.3 Å². The van der Waals surface area contributed by atoms with Crippen molar-refractivity contribution in [3.63, 3.8) is 0 Å². The smallest absolute Gasteiger partial charge is 0.355 e. The summed E-state index contributed by atoms with van der Waals surface area (Å²) >= 11 is 3.23. The lowest BCUT2D eigenvalue weighted by atomic mass is 10.2. The van der Waals surface area contributed by atoms with Gasteiger partial charge in [-0.15, -0.1) is 0 Å². The van der Waals surface area contributed by atoms with Gasteiger partial charge in [0.2, 0.25) is 0 Å². The first-order chi connectivity index (χ1) is 10.1. The van der Waals surface area contributed by atoms with Crippen LogP contribution in [0.5, 0.6) is 0 Å². The van der Waals surface area contributed by atoms with Crippen LogP contribution in [0.25, 0.3) is 0 Å². The molecule has 1 amide bonds. The fraction of sp³-hybridized carbons (Fsp3) is 0.200. The fourth-order valence-electron chi connectivity index (χ4n) is 1.69. The number of halogens is 1. The summed E-state index contributed by atoms with van der Waals surface area (Å²) in [5.74, 6) is -0.902. The number of amides is 1. The maximum atomic E-state index is 11.9. The fourth-order valence-corrected chi connectivity index (χ4v) is 2.04. The summed E-state index contributed by atoms with van der Waals surface area (Å²) in [5.41, 5.74) is 1.28. The Morgan fingerprint density at radius 2 is 2.05 bits per heavy atom. The number of hydrogen-bond donors (Lipinski definition) is 2. The number of carbonyl (C=O) groups excluding carboxylic acids is 2. The van der Waals surface area contributed by atoms with Crippen molar-refractivity contribution in [2.75, 3.05) is 0 Å². The Bertz CT molecular complexity index is 625. The molecule has 0 bridgehead atoms. The van der Waals surface area contributed by atoms with Gasteiger partial charge in [-0.25, -0.2) is 4.79 Å². The third-order valence-electron chi connectivity index (χ3n) is 2.83. The number of H-pyrrole nitrogens is 1. The highest BCUT2D eigenvalue weighted by molar-refractivity contribution is 9.10. The van der Waals surface area contributed by atoms with Gasteiger partial charge >= 0.3 is 5.97 Å². The number of hydrogen-bond acceptors (Lipinski definition) is 3. The van der Waals surface area contributed by atoms with Crippen LogP contribution in [-0.2, 0) is 16.1 Å². The molecular formula is C15H15BrN2O3. The minimum Gasteiger partial charge on any atom is -0.448 e. The Labute approximate surface area is 130 Å². The van der Waals surface area contributed by atoms with Gasteiger partial charge in [0, 0.05) is 17.2 Å². The zero-order chi connectivity index (χ0) is 15.2. The molecular weight excluding hydrogens is 336 g/mol. The second-order valence-corrected chi connectivity index (χ2v) is 5.40. The SMILES string of the molecule is C[C@H](OC(=O)c1cc(Br)c[nH]1)C(=O)NCc1ccccc1. The Kier molecular flexibility index (Phi) is 5.16. The molecule has 1 aromatic heterocycles. The first kappa shape index (κ1) is 15.3. The molecule has 0 aliphatic rings. The number of carbonyl (C=O) groups is 2. The number of aromatic amines is 1. The van der Waals surface area contributed by atoms with Gasteiger partial charge in [-0.1, -0.05) is 30.3 Å². The van der Waals surface area contributed by atoms with Gasteiger partial charge < -0.3 is 15.0 Å². The molecule has 21 heavy (non-hydrogen) atoms. The van der Waals surface area contributed by atoms with E-state index in [2.05, 4.69) is 26.2 Å². The van der Waals surface area contributed by atoms with Crippen LogP contribution in [0.4, 0.5) is 0 Å². The highest BCUT2D eigenvalue weighted by atomic mass is 79.9. The normalized spacial score (nSPS) is 11.7. The van der Waals surface area contributed by atoms with E-state index in [9.17, 15) is 9.59 Å². The number of aromatic nitrogens is 1. The monoisotopic (exact) mass is 350 g/mol. The summed E-state index contributed by atoms with van der Waals surface area (Å²) in [6.45, 7) is 1.94. The van der Waals surface area contributed by atoms with Crippen LogP contribution in [0.1, 0.15) is 23.0 Å². The van der Waals surface area contributed by atoms with Crippen molar-refractivity contribution in [1.29, 1.82) is 0 Å². The first-order valence-corrected chi connectivity index (χ1v) is 7.22. The molecule has 5 nitrogen and oxygen atoms in total. The van der Waals surface area contributed by atoms with E-state index < -0.39 is 12.1 Å². The van der Waals surface area contributed by atoms with Crippen LogP contribution >= 0.6 is 15.9 Å². The largest absolute Gasteiger partial charge is 0.448 e. The van der Waals surface area contributed by atoms with Crippen LogP contribution in [0.15, 0.2) is 47.1 Å². The third-order valence-corrected chi connectivity index (χ3v) is 3.29. The van der Waals surface area contributed by atoms with Gasteiger partial charge in [0.05, 0.1) is 0 Å². The summed E-state index contributed by atoms with van der Waals surface area (Å²) in [6.07, 6.45) is 0.764. The van der Waals surface area contributed by atoms with E-state index in [-0.39, 0.29) is 5.91 Å². The second kappa shape index (κ2) is 7.08.